The molecule has 0 spiro atoms. The Hall–Kier alpha value is -2.71. The Kier molecular flexibility index (Phi) is 4.21. The van der Waals surface area contributed by atoms with Gasteiger partial charge in [0.15, 0.2) is 0 Å². The largest absolute Gasteiger partial charge is 0.524 e. The Morgan fingerprint density at radius 2 is 1.68 bits per heavy atom. The number of nitrogens with zero attached hydrogens (tertiary/aromatic N) is 1. The van der Waals surface area contributed by atoms with Crippen molar-refractivity contribution in [2.75, 3.05) is 10.7 Å². The van der Waals surface area contributed by atoms with Crippen LogP contribution >= 0.6 is 0 Å². The van der Waals surface area contributed by atoms with Gasteiger partial charge < -0.3 is 0 Å². The zero-order chi connectivity index (χ0) is 13.5. The van der Waals surface area contributed by atoms with Crippen molar-refractivity contribution in [2.45, 2.75) is 6.92 Å². The van der Waals surface area contributed by atoms with E-state index < -0.39 is 5.91 Å². The first-order valence-electron chi connectivity index (χ1n) is 5.88. The van der Waals surface area contributed by atoms with E-state index in [0.29, 0.717) is 5.69 Å². The van der Waals surface area contributed by atoms with Crippen LogP contribution in [0.4, 0.5) is 11.4 Å². The van der Waals surface area contributed by atoms with Gasteiger partial charge in [-0.05, 0) is 31.2 Å². The fourth-order valence-electron chi connectivity index (χ4n) is 1.45. The van der Waals surface area contributed by atoms with Crippen LogP contribution in [0.2, 0.25) is 0 Å². The quantitative estimate of drug-likeness (QED) is 0.499. The summed E-state index contributed by atoms with van der Waals surface area (Å²) in [5.74, 6) is -0.397. The van der Waals surface area contributed by atoms with E-state index in [0.717, 1.165) is 5.69 Å². The lowest BCUT2D eigenvalue weighted by Crippen LogP contribution is -2.13. The molecule has 0 aromatic heterocycles. The standard InChI is InChI=1S/C15H13N3O/c1-12-7-9-14(10-8-12)18-16-11-15(19)17-13-5-3-2-4-6-13/h2-10H,1H3,(H-,17,18,19)/p+1. The maximum atomic E-state index is 11.5. The Bertz CT molecular complexity index is 562. The number of carbonyl (C=O) groups is 1. The van der Waals surface area contributed by atoms with Crippen LogP contribution in [0.1, 0.15) is 5.56 Å². The van der Waals surface area contributed by atoms with Gasteiger partial charge in [0.25, 0.3) is 0 Å². The molecule has 0 fully saturated rings. The minimum Gasteiger partial charge on any atom is -0.274 e. The molecule has 0 bridgehead atoms. The number of hydrazone groups is 1. The molecule has 2 N–H and O–H groups in total. The molecule has 4 heteroatoms. The van der Waals surface area contributed by atoms with Gasteiger partial charge in [-0.2, -0.15) is 0 Å². The SMILES string of the molecule is Cc1ccc(NN=[C+]C(=O)Nc2ccccc2)cc1. The summed E-state index contributed by atoms with van der Waals surface area (Å²) in [6.45, 7) is 2.01. The van der Waals surface area contributed by atoms with Gasteiger partial charge in [-0.1, -0.05) is 35.9 Å². The van der Waals surface area contributed by atoms with Crippen molar-refractivity contribution in [3.8, 4) is 0 Å². The summed E-state index contributed by atoms with van der Waals surface area (Å²) in [6, 6.07) is 16.9. The number of amides is 1. The molecule has 0 aliphatic carbocycles. The summed E-state index contributed by atoms with van der Waals surface area (Å²) < 4.78 is 0. The fourth-order valence-corrected chi connectivity index (χ4v) is 1.45. The van der Waals surface area contributed by atoms with Gasteiger partial charge in [0.05, 0.1) is 10.8 Å². The van der Waals surface area contributed by atoms with Crippen LogP contribution in [-0.2, 0) is 4.79 Å². The second-order valence-corrected chi connectivity index (χ2v) is 4.02. The average molecular weight is 252 g/mol. The van der Waals surface area contributed by atoms with E-state index in [-0.39, 0.29) is 0 Å². The molecule has 1 amide bonds. The van der Waals surface area contributed by atoms with Crippen LogP contribution in [0, 0.1) is 6.92 Å². The molecule has 0 heterocycles. The van der Waals surface area contributed by atoms with Crippen LogP contribution in [0.25, 0.3) is 0 Å². The smallest absolute Gasteiger partial charge is 0.274 e. The van der Waals surface area contributed by atoms with Crippen LogP contribution in [-0.4, -0.2) is 12.1 Å². The molecule has 0 saturated heterocycles. The molecule has 2 aromatic rings. The molecule has 2 aromatic carbocycles. The van der Waals surface area contributed by atoms with Gasteiger partial charge in [-0.25, -0.2) is 10.2 Å². The number of para-hydroxylation sites is 1. The highest BCUT2D eigenvalue weighted by Crippen LogP contribution is 2.08. The van der Waals surface area contributed by atoms with E-state index in [2.05, 4.69) is 22.1 Å². The molecule has 4 nitrogen and oxygen atoms in total. The van der Waals surface area contributed by atoms with Crippen LogP contribution < -0.4 is 10.7 Å². The lowest BCUT2D eigenvalue weighted by Gasteiger charge is -1.95. The summed E-state index contributed by atoms with van der Waals surface area (Å²) >= 11 is 0. The number of nitrogens with one attached hydrogen (secondary N) is 2. The number of hydrogen-bond donors (Lipinski definition) is 2. The van der Waals surface area contributed by atoms with E-state index in [1.807, 2.05) is 49.4 Å². The molecule has 19 heavy (non-hydrogen) atoms. The second kappa shape index (κ2) is 6.28. The van der Waals surface area contributed by atoms with Crippen molar-refractivity contribution in [2.24, 2.45) is 5.10 Å². The zero-order valence-electron chi connectivity index (χ0n) is 10.6. The number of anilines is 2. The minimum atomic E-state index is -0.397. The van der Waals surface area contributed by atoms with Crippen molar-refractivity contribution in [1.29, 1.82) is 0 Å². The zero-order valence-corrected chi connectivity index (χ0v) is 10.6. The van der Waals surface area contributed by atoms with Crippen LogP contribution in [0.3, 0.4) is 0 Å². The molecule has 2 rings (SSSR count). The number of aryl methyl sites for hydroxylation is 1. The fraction of sp³-hybridized carbons (Fsp3) is 0.0667. The van der Waals surface area contributed by atoms with Crippen molar-refractivity contribution >= 4 is 23.5 Å². The van der Waals surface area contributed by atoms with Gasteiger partial charge in [0.2, 0.25) is 0 Å². The Morgan fingerprint density at radius 1 is 1.00 bits per heavy atom. The van der Waals surface area contributed by atoms with Crippen LogP contribution in [0.15, 0.2) is 59.7 Å². The van der Waals surface area contributed by atoms with Crippen molar-refractivity contribution in [1.82, 2.24) is 0 Å². The van der Waals surface area contributed by atoms with Gasteiger partial charge in [-0.3, -0.25) is 5.32 Å². The number of rotatable bonds is 4. The maximum Gasteiger partial charge on any atom is 0.524 e. The summed E-state index contributed by atoms with van der Waals surface area (Å²) in [6.07, 6.45) is 2.36. The lowest BCUT2D eigenvalue weighted by molar-refractivity contribution is -0.109. The Labute approximate surface area is 112 Å². The minimum absolute atomic E-state index is 0.397. The first kappa shape index (κ1) is 12.7. The molecule has 0 unspecified atom stereocenters. The van der Waals surface area contributed by atoms with Crippen molar-refractivity contribution < 1.29 is 4.79 Å². The normalized spacial score (nSPS) is 9.95. The number of carbonyl (C=O) groups excluding carboxylic acids is 1. The van der Waals surface area contributed by atoms with E-state index in [4.69, 9.17) is 0 Å². The summed E-state index contributed by atoms with van der Waals surface area (Å²) in [4.78, 5) is 11.5. The third kappa shape index (κ3) is 4.22. The molecular formula is C15H14N3O+. The first-order chi connectivity index (χ1) is 9.24. The topological polar surface area (TPSA) is 53.5 Å². The second-order valence-electron chi connectivity index (χ2n) is 4.02. The molecule has 0 saturated carbocycles. The van der Waals surface area contributed by atoms with Gasteiger partial charge in [0, 0.05) is 5.69 Å². The lowest BCUT2D eigenvalue weighted by atomic mass is 10.2. The maximum absolute atomic E-state index is 11.5. The highest BCUT2D eigenvalue weighted by atomic mass is 16.1. The molecule has 94 valence electrons. The molecule has 0 atom stereocenters. The summed E-state index contributed by atoms with van der Waals surface area (Å²) in [5.41, 5.74) is 5.43. The average Bonchev–Trinajstić information content (AvgIpc) is 2.42. The molecule has 0 radical (unpaired) electrons. The monoisotopic (exact) mass is 252 g/mol. The first-order valence-corrected chi connectivity index (χ1v) is 5.88. The third-order valence-corrected chi connectivity index (χ3v) is 2.43. The molecule has 0 aliphatic heterocycles. The van der Waals surface area contributed by atoms with Gasteiger partial charge >= 0.3 is 12.1 Å². The molecular weight excluding hydrogens is 238 g/mol. The van der Waals surface area contributed by atoms with E-state index in [1.54, 1.807) is 12.1 Å². The van der Waals surface area contributed by atoms with Crippen molar-refractivity contribution in [3.63, 3.8) is 0 Å². The highest BCUT2D eigenvalue weighted by Gasteiger charge is 2.14. The van der Waals surface area contributed by atoms with E-state index in [9.17, 15) is 4.79 Å². The third-order valence-electron chi connectivity index (χ3n) is 2.43. The summed E-state index contributed by atoms with van der Waals surface area (Å²) in [7, 11) is 0. The number of hydrogen-bond acceptors (Lipinski definition) is 3. The van der Waals surface area contributed by atoms with E-state index in [1.165, 1.54) is 5.56 Å². The predicted molar refractivity (Wildman–Crippen MR) is 77.3 cm³/mol. The molecule has 0 aliphatic rings. The number of benzene rings is 2. The summed E-state index contributed by atoms with van der Waals surface area (Å²) in [5, 5.41) is 6.41. The van der Waals surface area contributed by atoms with Crippen molar-refractivity contribution in [3.05, 3.63) is 60.2 Å². The Morgan fingerprint density at radius 3 is 2.37 bits per heavy atom. The van der Waals surface area contributed by atoms with E-state index >= 15 is 0 Å². The van der Waals surface area contributed by atoms with Gasteiger partial charge in [-0.15, -0.1) is 0 Å². The highest BCUT2D eigenvalue weighted by molar-refractivity contribution is 6.31. The van der Waals surface area contributed by atoms with Gasteiger partial charge in [0.1, 0.15) is 0 Å². The predicted octanol–water partition coefficient (Wildman–Crippen LogP) is 2.91. The van der Waals surface area contributed by atoms with Crippen LogP contribution in [0.5, 0.6) is 0 Å². The Balaban J connectivity index is 1.85.